The minimum absolute atomic E-state index is 0.214. The van der Waals surface area contributed by atoms with Crippen LogP contribution in [0.2, 0.25) is 0 Å². The molecular weight excluding hydrogens is 421 g/mol. The molecule has 1 aliphatic rings. The zero-order valence-corrected chi connectivity index (χ0v) is 18.1. The van der Waals surface area contributed by atoms with Crippen molar-refractivity contribution in [3.05, 3.63) is 82.7 Å². The highest BCUT2D eigenvalue weighted by Crippen LogP contribution is 2.23. The van der Waals surface area contributed by atoms with Crippen LogP contribution in [0.5, 0.6) is 0 Å². The van der Waals surface area contributed by atoms with Crippen LogP contribution >= 0.6 is 0 Å². The van der Waals surface area contributed by atoms with Crippen molar-refractivity contribution >= 4 is 17.0 Å². The Morgan fingerprint density at radius 1 is 1.03 bits per heavy atom. The lowest BCUT2D eigenvalue weighted by Gasteiger charge is -2.23. The van der Waals surface area contributed by atoms with E-state index >= 15 is 0 Å². The van der Waals surface area contributed by atoms with Crippen molar-refractivity contribution in [1.29, 1.82) is 0 Å². The molecule has 0 spiro atoms. The van der Waals surface area contributed by atoms with Gasteiger partial charge < -0.3 is 10.1 Å². The molecule has 5 rings (SSSR count). The van der Waals surface area contributed by atoms with Gasteiger partial charge in [0, 0.05) is 31.5 Å². The maximum atomic E-state index is 13.5. The summed E-state index contributed by atoms with van der Waals surface area (Å²) in [7, 11) is 0. The third-order valence-corrected chi connectivity index (χ3v) is 5.87. The minimum atomic E-state index is -0.304. The van der Waals surface area contributed by atoms with Crippen LogP contribution in [-0.2, 0) is 17.8 Å². The molecule has 3 aromatic heterocycles. The van der Waals surface area contributed by atoms with Crippen LogP contribution in [0.15, 0.2) is 65.6 Å². The molecular formula is C25H24FN5O2. The van der Waals surface area contributed by atoms with E-state index in [0.717, 1.165) is 24.1 Å². The number of aromatic nitrogens is 4. The first-order valence-corrected chi connectivity index (χ1v) is 11.1. The van der Waals surface area contributed by atoms with Gasteiger partial charge in [0.25, 0.3) is 5.56 Å². The molecule has 0 saturated carbocycles. The lowest BCUT2D eigenvalue weighted by Crippen LogP contribution is -2.30. The van der Waals surface area contributed by atoms with Crippen molar-refractivity contribution in [2.24, 2.45) is 5.92 Å². The second-order valence-electron chi connectivity index (χ2n) is 8.15. The standard InChI is InChI=1S/C25H24FN5O2/c26-19-6-4-18(5-7-19)21-8-9-22-24(30-21)31(16-17-10-13-33-14-11-17)25(32)23(29-22)28-15-20-3-1-2-12-27-20/h1-9,12,17H,10-11,13-16H2,(H,28,29). The van der Waals surface area contributed by atoms with Gasteiger partial charge in [-0.1, -0.05) is 6.07 Å². The van der Waals surface area contributed by atoms with E-state index in [1.165, 1.54) is 12.1 Å². The number of hydrogen-bond acceptors (Lipinski definition) is 6. The van der Waals surface area contributed by atoms with Gasteiger partial charge in [0.1, 0.15) is 11.3 Å². The summed E-state index contributed by atoms with van der Waals surface area (Å²) in [6.07, 6.45) is 3.50. The normalized spacial score (nSPS) is 14.5. The summed E-state index contributed by atoms with van der Waals surface area (Å²) >= 11 is 0. The molecule has 0 atom stereocenters. The van der Waals surface area contributed by atoms with Crippen LogP contribution in [-0.4, -0.2) is 32.7 Å². The molecule has 168 valence electrons. The van der Waals surface area contributed by atoms with Gasteiger partial charge in [0.2, 0.25) is 0 Å². The lowest BCUT2D eigenvalue weighted by atomic mass is 10.0. The summed E-state index contributed by atoms with van der Waals surface area (Å²) < 4.78 is 20.6. The van der Waals surface area contributed by atoms with Crippen molar-refractivity contribution in [3.8, 4) is 11.3 Å². The number of nitrogens with zero attached hydrogens (tertiary/aromatic N) is 4. The Kier molecular flexibility index (Phi) is 6.08. The molecule has 0 amide bonds. The number of nitrogens with one attached hydrogen (secondary N) is 1. The van der Waals surface area contributed by atoms with E-state index in [1.807, 2.05) is 30.3 Å². The zero-order chi connectivity index (χ0) is 22.6. The van der Waals surface area contributed by atoms with Crippen LogP contribution in [0.25, 0.3) is 22.4 Å². The van der Waals surface area contributed by atoms with Crippen molar-refractivity contribution in [3.63, 3.8) is 0 Å². The minimum Gasteiger partial charge on any atom is -0.381 e. The summed E-state index contributed by atoms with van der Waals surface area (Å²) in [5.74, 6) is 0.291. The Balaban J connectivity index is 1.56. The van der Waals surface area contributed by atoms with E-state index in [1.54, 1.807) is 22.9 Å². The average Bonchev–Trinajstić information content (AvgIpc) is 2.86. The molecule has 0 unspecified atom stereocenters. The molecule has 1 aromatic carbocycles. The number of ether oxygens (including phenoxy) is 1. The zero-order valence-electron chi connectivity index (χ0n) is 18.1. The maximum absolute atomic E-state index is 13.5. The van der Waals surface area contributed by atoms with E-state index in [-0.39, 0.29) is 17.2 Å². The van der Waals surface area contributed by atoms with Crippen LogP contribution in [0.4, 0.5) is 10.2 Å². The first-order chi connectivity index (χ1) is 16.2. The Hall–Kier alpha value is -3.65. The predicted molar refractivity (Wildman–Crippen MR) is 124 cm³/mol. The van der Waals surface area contributed by atoms with Crippen LogP contribution < -0.4 is 10.9 Å². The van der Waals surface area contributed by atoms with E-state index in [4.69, 9.17) is 9.72 Å². The predicted octanol–water partition coefficient (Wildman–Crippen LogP) is 4.03. The summed E-state index contributed by atoms with van der Waals surface area (Å²) in [5, 5.41) is 3.15. The van der Waals surface area contributed by atoms with Gasteiger partial charge in [-0.15, -0.1) is 0 Å². The largest absolute Gasteiger partial charge is 0.381 e. The maximum Gasteiger partial charge on any atom is 0.294 e. The molecule has 8 heteroatoms. The van der Waals surface area contributed by atoms with E-state index in [9.17, 15) is 9.18 Å². The first kappa shape index (κ1) is 21.2. The molecule has 0 radical (unpaired) electrons. The van der Waals surface area contributed by atoms with E-state index in [0.29, 0.717) is 49.1 Å². The van der Waals surface area contributed by atoms with Gasteiger partial charge in [0.15, 0.2) is 11.5 Å². The summed E-state index contributed by atoms with van der Waals surface area (Å²) in [5.41, 5.74) is 3.19. The summed E-state index contributed by atoms with van der Waals surface area (Å²) in [6.45, 7) is 2.33. The second-order valence-corrected chi connectivity index (χ2v) is 8.15. The molecule has 0 aliphatic carbocycles. The van der Waals surface area contributed by atoms with Crippen LogP contribution in [0.3, 0.4) is 0 Å². The number of rotatable bonds is 6. The second kappa shape index (κ2) is 9.46. The average molecular weight is 445 g/mol. The number of pyridine rings is 2. The fourth-order valence-electron chi connectivity index (χ4n) is 4.05. The van der Waals surface area contributed by atoms with Crippen molar-refractivity contribution in [1.82, 2.24) is 19.5 Å². The number of anilines is 1. The number of fused-ring (bicyclic) bond motifs is 1. The highest BCUT2D eigenvalue weighted by molar-refractivity contribution is 5.76. The quantitative estimate of drug-likeness (QED) is 0.483. The highest BCUT2D eigenvalue weighted by atomic mass is 19.1. The van der Waals surface area contributed by atoms with Gasteiger partial charge in [-0.3, -0.25) is 14.3 Å². The fraction of sp³-hybridized carbons (Fsp3) is 0.280. The molecule has 4 aromatic rings. The van der Waals surface area contributed by atoms with Gasteiger partial charge in [-0.2, -0.15) is 0 Å². The van der Waals surface area contributed by atoms with Gasteiger partial charge in [0.05, 0.1) is 17.9 Å². The number of hydrogen-bond donors (Lipinski definition) is 1. The summed E-state index contributed by atoms with van der Waals surface area (Å²) in [6, 6.07) is 15.5. The van der Waals surface area contributed by atoms with E-state index in [2.05, 4.69) is 15.3 Å². The summed E-state index contributed by atoms with van der Waals surface area (Å²) in [4.78, 5) is 27.1. The fourth-order valence-corrected chi connectivity index (χ4v) is 4.05. The molecule has 0 bridgehead atoms. The van der Waals surface area contributed by atoms with Crippen molar-refractivity contribution in [2.75, 3.05) is 18.5 Å². The SMILES string of the molecule is O=c1c(NCc2ccccn2)nc2ccc(-c3ccc(F)cc3)nc2n1CC1CCOCC1. The highest BCUT2D eigenvalue weighted by Gasteiger charge is 2.19. The third kappa shape index (κ3) is 4.75. The van der Waals surface area contributed by atoms with Crippen molar-refractivity contribution < 1.29 is 9.13 Å². The third-order valence-electron chi connectivity index (χ3n) is 5.87. The molecule has 1 fully saturated rings. The molecule has 1 N–H and O–H groups in total. The van der Waals surface area contributed by atoms with Crippen molar-refractivity contribution in [2.45, 2.75) is 25.9 Å². The Labute approximate surface area is 190 Å². The topological polar surface area (TPSA) is 81.9 Å². The Bertz CT molecular complexity index is 1300. The van der Waals surface area contributed by atoms with Crippen LogP contribution in [0, 0.1) is 11.7 Å². The first-order valence-electron chi connectivity index (χ1n) is 11.1. The smallest absolute Gasteiger partial charge is 0.294 e. The van der Waals surface area contributed by atoms with Gasteiger partial charge in [-0.25, -0.2) is 14.4 Å². The molecule has 1 aliphatic heterocycles. The Morgan fingerprint density at radius 2 is 1.85 bits per heavy atom. The van der Waals surface area contributed by atoms with E-state index < -0.39 is 0 Å². The van der Waals surface area contributed by atoms with Gasteiger partial charge >= 0.3 is 0 Å². The lowest BCUT2D eigenvalue weighted by molar-refractivity contribution is 0.0613. The Morgan fingerprint density at radius 3 is 2.61 bits per heavy atom. The molecule has 33 heavy (non-hydrogen) atoms. The number of halogens is 1. The molecule has 1 saturated heterocycles. The number of benzene rings is 1. The molecule has 4 heterocycles. The molecule has 7 nitrogen and oxygen atoms in total. The monoisotopic (exact) mass is 445 g/mol. The van der Waals surface area contributed by atoms with Gasteiger partial charge in [-0.05, 0) is 67.3 Å². The van der Waals surface area contributed by atoms with Crippen LogP contribution in [0.1, 0.15) is 18.5 Å².